The molecular weight excluding hydrogens is 172 g/mol. The molecule has 0 spiro atoms. The Morgan fingerprint density at radius 1 is 0.857 bits per heavy atom. The fourth-order valence-electron chi connectivity index (χ4n) is 1.41. The lowest BCUT2D eigenvalue weighted by Gasteiger charge is -2.00. The number of nitrogen functional groups attached to an aromatic ring is 1. The van der Waals surface area contributed by atoms with Crippen LogP contribution in [0.15, 0.2) is 48.8 Å². The van der Waals surface area contributed by atoms with Crippen LogP contribution in [0.1, 0.15) is 11.1 Å². The summed E-state index contributed by atoms with van der Waals surface area (Å²) in [7, 11) is 0. The summed E-state index contributed by atoms with van der Waals surface area (Å²) in [5.41, 5.74) is 9.01. The largest absolute Gasteiger partial charge is 0.399 e. The highest BCUT2D eigenvalue weighted by Crippen LogP contribution is 2.10. The molecule has 0 amide bonds. The molecule has 0 saturated carbocycles. The number of hydrogen-bond acceptors (Lipinski definition) is 1. The molecule has 1 heterocycles. The molecule has 3 N–H and O–H groups in total. The first-order valence-corrected chi connectivity index (χ1v) is 4.64. The van der Waals surface area contributed by atoms with Gasteiger partial charge in [0.2, 0.25) is 0 Å². The first kappa shape index (κ1) is 8.75. The van der Waals surface area contributed by atoms with E-state index in [2.05, 4.69) is 29.2 Å². The number of aromatic amines is 1. The third kappa shape index (κ3) is 2.10. The lowest BCUT2D eigenvalue weighted by Crippen LogP contribution is -1.99. The van der Waals surface area contributed by atoms with Crippen molar-refractivity contribution in [2.45, 2.75) is 6.42 Å². The van der Waals surface area contributed by atoms with E-state index < -0.39 is 0 Å². The molecule has 1 aromatic heterocycles. The van der Waals surface area contributed by atoms with Gasteiger partial charge in [0.05, 0.1) is 0 Å². The van der Waals surface area contributed by atoms with E-state index in [1.165, 1.54) is 11.1 Å². The number of aromatic nitrogens is 1. The minimum atomic E-state index is 0.815. The van der Waals surface area contributed by atoms with Crippen molar-refractivity contribution in [2.75, 3.05) is 5.73 Å². The molecule has 14 heavy (non-hydrogen) atoms. The summed E-state index contributed by atoms with van der Waals surface area (Å²) < 4.78 is 0. The van der Waals surface area contributed by atoms with Gasteiger partial charge in [0.1, 0.15) is 0 Å². The van der Waals surface area contributed by atoms with Gasteiger partial charge in [-0.25, -0.2) is 4.98 Å². The van der Waals surface area contributed by atoms with Gasteiger partial charge in [-0.3, -0.25) is 0 Å². The molecule has 1 aromatic carbocycles. The Labute approximate surface area is 83.4 Å². The van der Waals surface area contributed by atoms with Gasteiger partial charge in [-0.1, -0.05) is 12.1 Å². The topological polar surface area (TPSA) is 40.2 Å². The Morgan fingerprint density at radius 3 is 2.07 bits per heavy atom. The Bertz CT molecular complexity index is 392. The minimum Gasteiger partial charge on any atom is -0.399 e. The van der Waals surface area contributed by atoms with Crippen molar-refractivity contribution >= 4 is 5.69 Å². The molecule has 0 saturated heterocycles. The summed E-state index contributed by atoms with van der Waals surface area (Å²) in [4.78, 5) is 3.01. The molecule has 2 rings (SSSR count). The van der Waals surface area contributed by atoms with E-state index in [0.717, 1.165) is 12.1 Å². The molecule has 0 fully saturated rings. The van der Waals surface area contributed by atoms with Gasteiger partial charge in [0.25, 0.3) is 0 Å². The standard InChI is InChI=1S/C12H12N2/c13-12-3-1-10(2-4-12)9-11-5-7-14-8-6-11/h1-8H,9,13H2/p+1. The molecule has 0 aliphatic heterocycles. The van der Waals surface area contributed by atoms with Crippen LogP contribution in [0.25, 0.3) is 0 Å². The average Bonchev–Trinajstić information content (AvgIpc) is 2.23. The minimum absolute atomic E-state index is 0.815. The molecule has 2 aromatic rings. The highest BCUT2D eigenvalue weighted by atomic mass is 14.6. The van der Waals surface area contributed by atoms with Crippen LogP contribution in [-0.2, 0) is 6.42 Å². The van der Waals surface area contributed by atoms with Crippen LogP contribution >= 0.6 is 0 Å². The second-order valence-corrected chi connectivity index (χ2v) is 3.33. The lowest BCUT2D eigenvalue weighted by molar-refractivity contribution is -0.378. The third-order valence-corrected chi connectivity index (χ3v) is 2.18. The molecule has 70 valence electrons. The highest BCUT2D eigenvalue weighted by Gasteiger charge is 1.96. The summed E-state index contributed by atoms with van der Waals surface area (Å²) in [6.45, 7) is 0. The van der Waals surface area contributed by atoms with E-state index in [9.17, 15) is 0 Å². The van der Waals surface area contributed by atoms with Crippen molar-refractivity contribution in [3.8, 4) is 0 Å². The second kappa shape index (κ2) is 3.92. The van der Waals surface area contributed by atoms with Crippen LogP contribution in [0.2, 0.25) is 0 Å². The zero-order chi connectivity index (χ0) is 9.80. The van der Waals surface area contributed by atoms with Gasteiger partial charge in [0.15, 0.2) is 12.4 Å². The first-order chi connectivity index (χ1) is 6.84. The number of pyridine rings is 1. The Morgan fingerprint density at radius 2 is 1.43 bits per heavy atom. The molecule has 2 heteroatoms. The zero-order valence-electron chi connectivity index (χ0n) is 7.90. The monoisotopic (exact) mass is 185 g/mol. The van der Waals surface area contributed by atoms with Crippen LogP contribution in [0.4, 0.5) is 5.69 Å². The second-order valence-electron chi connectivity index (χ2n) is 3.33. The number of nitrogens with two attached hydrogens (primary N) is 1. The zero-order valence-corrected chi connectivity index (χ0v) is 7.90. The van der Waals surface area contributed by atoms with Gasteiger partial charge in [-0.2, -0.15) is 0 Å². The first-order valence-electron chi connectivity index (χ1n) is 4.64. The molecule has 0 aliphatic rings. The van der Waals surface area contributed by atoms with Gasteiger partial charge in [0, 0.05) is 17.8 Å². The van der Waals surface area contributed by atoms with Gasteiger partial charge < -0.3 is 5.73 Å². The molecule has 0 aliphatic carbocycles. The predicted molar refractivity (Wildman–Crippen MR) is 56.7 cm³/mol. The maximum atomic E-state index is 5.62. The van der Waals surface area contributed by atoms with E-state index in [4.69, 9.17) is 5.73 Å². The summed E-state index contributed by atoms with van der Waals surface area (Å²) in [6.07, 6.45) is 4.83. The van der Waals surface area contributed by atoms with Gasteiger partial charge >= 0.3 is 0 Å². The molecule has 0 radical (unpaired) electrons. The number of rotatable bonds is 2. The van der Waals surface area contributed by atoms with Crippen LogP contribution in [0, 0.1) is 0 Å². The van der Waals surface area contributed by atoms with E-state index >= 15 is 0 Å². The Kier molecular flexibility index (Phi) is 2.45. The Hall–Kier alpha value is -1.83. The SMILES string of the molecule is Nc1ccc(Cc2cc[nH+]cc2)cc1. The fourth-order valence-corrected chi connectivity index (χ4v) is 1.41. The number of benzene rings is 1. The predicted octanol–water partition coefficient (Wildman–Crippen LogP) is 1.67. The van der Waals surface area contributed by atoms with Crippen molar-refractivity contribution in [3.05, 3.63) is 59.9 Å². The van der Waals surface area contributed by atoms with Gasteiger partial charge in [-0.15, -0.1) is 0 Å². The number of hydrogen-bond donors (Lipinski definition) is 1. The van der Waals surface area contributed by atoms with Crippen LogP contribution < -0.4 is 10.7 Å². The van der Waals surface area contributed by atoms with E-state index in [1.54, 1.807) is 0 Å². The van der Waals surface area contributed by atoms with Crippen LogP contribution in [0.3, 0.4) is 0 Å². The summed E-state index contributed by atoms with van der Waals surface area (Å²) >= 11 is 0. The number of H-pyrrole nitrogens is 1. The van der Waals surface area contributed by atoms with Crippen LogP contribution in [-0.4, -0.2) is 0 Å². The molecule has 0 unspecified atom stereocenters. The summed E-state index contributed by atoms with van der Waals surface area (Å²) in [6, 6.07) is 12.2. The summed E-state index contributed by atoms with van der Waals surface area (Å²) in [5.74, 6) is 0. The van der Waals surface area contributed by atoms with Crippen molar-refractivity contribution in [1.82, 2.24) is 0 Å². The fraction of sp³-hybridized carbons (Fsp3) is 0.0833. The van der Waals surface area contributed by atoms with Crippen LogP contribution in [0.5, 0.6) is 0 Å². The van der Waals surface area contributed by atoms with Crippen molar-refractivity contribution in [2.24, 2.45) is 0 Å². The Balaban J connectivity index is 2.16. The molecular formula is C12H13N2+. The number of anilines is 1. The molecule has 0 bridgehead atoms. The smallest absolute Gasteiger partial charge is 0.167 e. The maximum absolute atomic E-state index is 5.62. The van der Waals surface area contributed by atoms with Gasteiger partial charge in [-0.05, 0) is 29.7 Å². The third-order valence-electron chi connectivity index (χ3n) is 2.18. The normalized spacial score (nSPS) is 10.0. The number of nitrogens with one attached hydrogen (secondary N) is 1. The quantitative estimate of drug-likeness (QED) is 0.710. The van der Waals surface area contributed by atoms with E-state index in [1.807, 2.05) is 24.5 Å². The maximum Gasteiger partial charge on any atom is 0.167 e. The van der Waals surface area contributed by atoms with E-state index in [-0.39, 0.29) is 0 Å². The van der Waals surface area contributed by atoms with E-state index in [0.29, 0.717) is 0 Å². The van der Waals surface area contributed by atoms with Crippen molar-refractivity contribution in [3.63, 3.8) is 0 Å². The average molecular weight is 185 g/mol. The summed E-state index contributed by atoms with van der Waals surface area (Å²) in [5, 5.41) is 0. The highest BCUT2D eigenvalue weighted by molar-refractivity contribution is 5.40. The lowest BCUT2D eigenvalue weighted by atomic mass is 10.1. The van der Waals surface area contributed by atoms with Crippen molar-refractivity contribution < 1.29 is 4.98 Å². The molecule has 0 atom stereocenters. The van der Waals surface area contributed by atoms with Crippen molar-refractivity contribution in [1.29, 1.82) is 0 Å². The molecule has 2 nitrogen and oxygen atoms in total.